The minimum Gasteiger partial charge on any atom is -0.490 e. The Balaban J connectivity index is 3.10. The summed E-state index contributed by atoms with van der Waals surface area (Å²) in [6.45, 7) is 0.403. The fourth-order valence-electron chi connectivity index (χ4n) is 1.16. The van der Waals surface area contributed by atoms with Crippen LogP contribution in [-0.4, -0.2) is 18.6 Å². The molecule has 0 saturated heterocycles. The minimum absolute atomic E-state index is 0.0447. The molecule has 80 valence electrons. The highest BCUT2D eigenvalue weighted by atomic mass is 16.6. The molecule has 0 aliphatic rings. The van der Waals surface area contributed by atoms with Crippen LogP contribution in [0.4, 0.5) is 5.69 Å². The molecule has 0 radical (unpaired) electrons. The predicted octanol–water partition coefficient (Wildman–Crippen LogP) is 1.58. The average molecular weight is 208 g/mol. The van der Waals surface area contributed by atoms with Crippen LogP contribution in [0, 0.1) is 10.1 Å². The highest BCUT2D eigenvalue weighted by Crippen LogP contribution is 2.27. The summed E-state index contributed by atoms with van der Waals surface area (Å²) in [4.78, 5) is 10.2. The summed E-state index contributed by atoms with van der Waals surface area (Å²) in [5.41, 5.74) is 5.97. The van der Waals surface area contributed by atoms with Crippen LogP contribution in [0.3, 0.4) is 0 Å². The van der Waals surface area contributed by atoms with Crippen molar-refractivity contribution in [3.05, 3.63) is 40.0 Å². The van der Waals surface area contributed by atoms with Crippen LogP contribution in [0.2, 0.25) is 0 Å². The maximum atomic E-state index is 10.7. The Kier molecular flexibility index (Phi) is 3.82. The molecular weight excluding hydrogens is 196 g/mol. The second kappa shape index (κ2) is 5.11. The van der Waals surface area contributed by atoms with E-state index >= 15 is 0 Å². The molecule has 0 aromatic heterocycles. The standard InChI is InChI=1S/C10H12N2O3/c1-15-10-5-4-8(3-2-6-11)7-9(10)12(13)14/h2-5,7H,6,11H2,1H3. The molecule has 0 bridgehead atoms. The molecule has 5 nitrogen and oxygen atoms in total. The first-order valence-electron chi connectivity index (χ1n) is 4.38. The van der Waals surface area contributed by atoms with Crippen molar-refractivity contribution in [2.75, 3.05) is 13.7 Å². The van der Waals surface area contributed by atoms with Gasteiger partial charge in [-0.25, -0.2) is 0 Å². The molecular formula is C10H12N2O3. The fourth-order valence-corrected chi connectivity index (χ4v) is 1.16. The molecule has 0 aliphatic heterocycles. The fraction of sp³-hybridized carbons (Fsp3) is 0.200. The van der Waals surface area contributed by atoms with Gasteiger partial charge in [-0.1, -0.05) is 18.2 Å². The Labute approximate surface area is 87.3 Å². The molecule has 0 amide bonds. The van der Waals surface area contributed by atoms with E-state index in [4.69, 9.17) is 10.5 Å². The van der Waals surface area contributed by atoms with Gasteiger partial charge in [0.1, 0.15) is 0 Å². The average Bonchev–Trinajstić information content (AvgIpc) is 2.25. The quantitative estimate of drug-likeness (QED) is 0.601. The van der Waals surface area contributed by atoms with E-state index in [1.165, 1.54) is 13.2 Å². The van der Waals surface area contributed by atoms with Gasteiger partial charge in [-0.15, -0.1) is 0 Å². The lowest BCUT2D eigenvalue weighted by atomic mass is 10.1. The van der Waals surface area contributed by atoms with Gasteiger partial charge in [0.05, 0.1) is 12.0 Å². The first-order valence-corrected chi connectivity index (χ1v) is 4.38. The molecule has 0 saturated carbocycles. The van der Waals surface area contributed by atoms with Crippen LogP contribution in [0.15, 0.2) is 24.3 Å². The number of methoxy groups -OCH3 is 1. The number of hydrogen-bond acceptors (Lipinski definition) is 4. The zero-order chi connectivity index (χ0) is 11.3. The molecule has 1 rings (SSSR count). The summed E-state index contributed by atoms with van der Waals surface area (Å²) >= 11 is 0. The highest BCUT2D eigenvalue weighted by Gasteiger charge is 2.13. The molecule has 2 N–H and O–H groups in total. The second-order valence-corrected chi connectivity index (χ2v) is 2.83. The van der Waals surface area contributed by atoms with Crippen LogP contribution in [0.1, 0.15) is 5.56 Å². The Hall–Kier alpha value is -1.88. The van der Waals surface area contributed by atoms with Crippen LogP contribution < -0.4 is 10.5 Å². The number of nitro benzene ring substituents is 1. The molecule has 15 heavy (non-hydrogen) atoms. The van der Waals surface area contributed by atoms with Gasteiger partial charge < -0.3 is 10.5 Å². The zero-order valence-electron chi connectivity index (χ0n) is 8.34. The maximum Gasteiger partial charge on any atom is 0.311 e. The van der Waals surface area contributed by atoms with Gasteiger partial charge in [0.15, 0.2) is 5.75 Å². The SMILES string of the molecule is COc1ccc(C=CCN)cc1[N+](=O)[O-]. The normalized spacial score (nSPS) is 10.5. The van der Waals surface area contributed by atoms with Gasteiger partial charge >= 0.3 is 5.69 Å². The summed E-state index contributed by atoms with van der Waals surface area (Å²) in [6.07, 6.45) is 3.46. The van der Waals surface area contributed by atoms with Crippen LogP contribution >= 0.6 is 0 Å². The largest absolute Gasteiger partial charge is 0.490 e. The molecule has 0 aliphatic carbocycles. The number of nitro groups is 1. The van der Waals surface area contributed by atoms with E-state index in [0.29, 0.717) is 6.54 Å². The summed E-state index contributed by atoms with van der Waals surface area (Å²) < 4.78 is 4.88. The van der Waals surface area contributed by atoms with E-state index in [0.717, 1.165) is 5.56 Å². The summed E-state index contributed by atoms with van der Waals surface area (Å²) in [5, 5.41) is 10.7. The Morgan fingerprint density at radius 1 is 1.60 bits per heavy atom. The minimum atomic E-state index is -0.474. The number of rotatable bonds is 4. The number of hydrogen-bond donors (Lipinski definition) is 1. The van der Waals surface area contributed by atoms with Gasteiger partial charge in [0, 0.05) is 12.6 Å². The van der Waals surface area contributed by atoms with Crippen molar-refractivity contribution in [2.45, 2.75) is 0 Å². The molecule has 0 heterocycles. The molecule has 5 heteroatoms. The Bertz CT molecular complexity index is 388. The second-order valence-electron chi connectivity index (χ2n) is 2.83. The number of nitrogens with zero attached hydrogens (tertiary/aromatic N) is 1. The lowest BCUT2D eigenvalue weighted by Gasteiger charge is -2.01. The van der Waals surface area contributed by atoms with Crippen molar-refractivity contribution in [2.24, 2.45) is 5.73 Å². The third kappa shape index (κ3) is 2.78. The molecule has 1 aromatic carbocycles. The van der Waals surface area contributed by atoms with E-state index in [9.17, 15) is 10.1 Å². The van der Waals surface area contributed by atoms with Crippen LogP contribution in [0.25, 0.3) is 6.08 Å². The van der Waals surface area contributed by atoms with Gasteiger partial charge in [-0.2, -0.15) is 0 Å². The van der Waals surface area contributed by atoms with Gasteiger partial charge in [-0.3, -0.25) is 10.1 Å². The summed E-state index contributed by atoms with van der Waals surface area (Å²) in [6, 6.07) is 4.75. The predicted molar refractivity (Wildman–Crippen MR) is 57.7 cm³/mol. The van der Waals surface area contributed by atoms with Crippen LogP contribution in [-0.2, 0) is 0 Å². The van der Waals surface area contributed by atoms with E-state index in [1.54, 1.807) is 24.3 Å². The topological polar surface area (TPSA) is 78.4 Å². The Morgan fingerprint density at radius 3 is 2.87 bits per heavy atom. The molecule has 0 spiro atoms. The number of benzene rings is 1. The highest BCUT2D eigenvalue weighted by molar-refractivity contribution is 5.58. The van der Waals surface area contributed by atoms with Crippen molar-refractivity contribution in [1.29, 1.82) is 0 Å². The van der Waals surface area contributed by atoms with Crippen molar-refractivity contribution in [3.63, 3.8) is 0 Å². The number of nitrogens with two attached hydrogens (primary N) is 1. The molecule has 1 aromatic rings. The molecule has 0 unspecified atom stereocenters. The van der Waals surface area contributed by atoms with Crippen LogP contribution in [0.5, 0.6) is 5.75 Å². The summed E-state index contributed by atoms with van der Waals surface area (Å²) in [7, 11) is 1.40. The monoisotopic (exact) mass is 208 g/mol. The van der Waals surface area contributed by atoms with Crippen molar-refractivity contribution in [1.82, 2.24) is 0 Å². The summed E-state index contributed by atoms with van der Waals surface area (Å²) in [5.74, 6) is 0.255. The first-order chi connectivity index (χ1) is 7.19. The van der Waals surface area contributed by atoms with Crippen molar-refractivity contribution in [3.8, 4) is 5.75 Å². The van der Waals surface area contributed by atoms with Gasteiger partial charge in [0.2, 0.25) is 0 Å². The third-order valence-corrected chi connectivity index (χ3v) is 1.85. The van der Waals surface area contributed by atoms with Crippen molar-refractivity contribution < 1.29 is 9.66 Å². The van der Waals surface area contributed by atoms with Gasteiger partial charge in [-0.05, 0) is 11.6 Å². The zero-order valence-corrected chi connectivity index (χ0v) is 8.34. The van der Waals surface area contributed by atoms with Gasteiger partial charge in [0.25, 0.3) is 0 Å². The first kappa shape index (κ1) is 11.2. The number of ether oxygens (including phenoxy) is 1. The molecule has 0 atom stereocenters. The van der Waals surface area contributed by atoms with E-state index < -0.39 is 4.92 Å². The van der Waals surface area contributed by atoms with E-state index in [-0.39, 0.29) is 11.4 Å². The van der Waals surface area contributed by atoms with Crippen molar-refractivity contribution >= 4 is 11.8 Å². The lowest BCUT2D eigenvalue weighted by Crippen LogP contribution is -1.94. The van der Waals surface area contributed by atoms with E-state index in [1.807, 2.05) is 0 Å². The third-order valence-electron chi connectivity index (χ3n) is 1.85. The Morgan fingerprint density at radius 2 is 2.33 bits per heavy atom. The smallest absolute Gasteiger partial charge is 0.311 e. The molecule has 0 fully saturated rings. The van der Waals surface area contributed by atoms with E-state index in [2.05, 4.69) is 0 Å². The lowest BCUT2D eigenvalue weighted by molar-refractivity contribution is -0.385. The maximum absolute atomic E-state index is 10.7.